The summed E-state index contributed by atoms with van der Waals surface area (Å²) in [6.45, 7) is 10.8. The number of aromatic nitrogens is 3. The van der Waals surface area contributed by atoms with E-state index in [-0.39, 0.29) is 30.1 Å². The Labute approximate surface area is 168 Å². The van der Waals surface area contributed by atoms with E-state index in [0.717, 1.165) is 56.6 Å². The van der Waals surface area contributed by atoms with Crippen LogP contribution >= 0.6 is 24.0 Å². The highest BCUT2D eigenvalue weighted by molar-refractivity contribution is 14.0. The van der Waals surface area contributed by atoms with Crippen LogP contribution in [-0.4, -0.2) is 53.1 Å². The van der Waals surface area contributed by atoms with Gasteiger partial charge >= 0.3 is 0 Å². The molecule has 2 atom stereocenters. The molecule has 7 nitrogen and oxygen atoms in total. The predicted octanol–water partition coefficient (Wildman–Crippen LogP) is 2.14. The summed E-state index contributed by atoms with van der Waals surface area (Å²) in [6, 6.07) is 0.331. The number of hydrogen-bond acceptors (Lipinski definition) is 4. The molecule has 0 radical (unpaired) electrons. The Morgan fingerprint density at radius 2 is 2.20 bits per heavy atom. The lowest BCUT2D eigenvalue weighted by Crippen LogP contribution is -2.47. The number of nitrogens with one attached hydrogen (secondary N) is 2. The molecule has 0 saturated carbocycles. The minimum absolute atomic E-state index is 0. The maximum atomic E-state index is 5.79. The van der Waals surface area contributed by atoms with Crippen molar-refractivity contribution in [3.05, 3.63) is 11.6 Å². The maximum absolute atomic E-state index is 5.79. The van der Waals surface area contributed by atoms with Crippen LogP contribution in [0.25, 0.3) is 0 Å². The summed E-state index contributed by atoms with van der Waals surface area (Å²) < 4.78 is 7.80. The van der Waals surface area contributed by atoms with Crippen molar-refractivity contribution < 1.29 is 4.74 Å². The summed E-state index contributed by atoms with van der Waals surface area (Å²) in [6.07, 6.45) is 3.27. The van der Waals surface area contributed by atoms with Crippen LogP contribution in [0.15, 0.2) is 4.99 Å². The molecule has 0 fully saturated rings. The van der Waals surface area contributed by atoms with E-state index in [4.69, 9.17) is 4.74 Å². The molecule has 0 amide bonds. The van der Waals surface area contributed by atoms with Gasteiger partial charge in [0, 0.05) is 32.7 Å². The molecule has 2 N–H and O–H groups in total. The number of fused-ring (bicyclic) bond motifs is 1. The average Bonchev–Trinajstić information content (AvgIpc) is 2.92. The first-order valence-corrected chi connectivity index (χ1v) is 9.02. The van der Waals surface area contributed by atoms with Gasteiger partial charge in [0.15, 0.2) is 5.96 Å². The van der Waals surface area contributed by atoms with Gasteiger partial charge in [0.1, 0.15) is 11.6 Å². The third-order valence-corrected chi connectivity index (χ3v) is 4.37. The van der Waals surface area contributed by atoms with Crippen LogP contribution < -0.4 is 10.6 Å². The van der Waals surface area contributed by atoms with Gasteiger partial charge in [-0.3, -0.25) is 4.99 Å². The fraction of sp³-hybridized carbons (Fsp3) is 0.824. The molecule has 8 heteroatoms. The number of rotatable bonds is 7. The van der Waals surface area contributed by atoms with E-state index >= 15 is 0 Å². The summed E-state index contributed by atoms with van der Waals surface area (Å²) in [5.41, 5.74) is 0. The third-order valence-electron chi connectivity index (χ3n) is 4.37. The monoisotopic (exact) mass is 464 g/mol. The molecule has 1 aliphatic heterocycles. The first-order valence-electron chi connectivity index (χ1n) is 9.02. The normalized spacial score (nSPS) is 18.5. The zero-order valence-corrected chi connectivity index (χ0v) is 18.4. The summed E-state index contributed by atoms with van der Waals surface area (Å²) in [4.78, 5) is 8.79. The molecule has 1 aliphatic rings. The second kappa shape index (κ2) is 10.9. The Balaban J connectivity index is 0.00000312. The smallest absolute Gasteiger partial charge is 0.191 e. The molecule has 25 heavy (non-hydrogen) atoms. The number of nitrogens with zero attached hydrogens (tertiary/aromatic N) is 4. The quantitative estimate of drug-likeness (QED) is 0.368. The number of aryl methyl sites for hydroxylation is 2. The SMILES string of the molecule is CCOC(CCNC(=NC)NC1CCc2nc(C)nn2C1)C(C)C.I. The minimum atomic E-state index is 0. The van der Waals surface area contributed by atoms with E-state index in [9.17, 15) is 0 Å². The van der Waals surface area contributed by atoms with Crippen LogP contribution in [0, 0.1) is 12.8 Å². The largest absolute Gasteiger partial charge is 0.378 e. The van der Waals surface area contributed by atoms with Gasteiger partial charge < -0.3 is 15.4 Å². The van der Waals surface area contributed by atoms with E-state index in [1.54, 1.807) is 0 Å². The molecule has 0 bridgehead atoms. The van der Waals surface area contributed by atoms with E-state index in [1.165, 1.54) is 0 Å². The molecule has 0 spiro atoms. The summed E-state index contributed by atoms with van der Waals surface area (Å²) >= 11 is 0. The molecular weight excluding hydrogens is 431 g/mol. The molecule has 1 aromatic rings. The lowest BCUT2D eigenvalue weighted by molar-refractivity contribution is 0.0258. The lowest BCUT2D eigenvalue weighted by Gasteiger charge is -2.26. The average molecular weight is 464 g/mol. The van der Waals surface area contributed by atoms with Gasteiger partial charge in [-0.1, -0.05) is 13.8 Å². The van der Waals surface area contributed by atoms with Crippen LogP contribution in [0.1, 0.15) is 45.3 Å². The van der Waals surface area contributed by atoms with Gasteiger partial charge in [0.25, 0.3) is 0 Å². The van der Waals surface area contributed by atoms with E-state index in [1.807, 2.05) is 25.6 Å². The van der Waals surface area contributed by atoms with Crippen LogP contribution in [-0.2, 0) is 17.7 Å². The van der Waals surface area contributed by atoms with Crippen molar-refractivity contribution in [2.45, 2.75) is 65.6 Å². The Morgan fingerprint density at radius 3 is 2.84 bits per heavy atom. The second-order valence-electron chi connectivity index (χ2n) is 6.66. The summed E-state index contributed by atoms with van der Waals surface area (Å²) in [5, 5.41) is 11.4. The molecule has 2 rings (SSSR count). The number of hydrogen-bond donors (Lipinski definition) is 2. The van der Waals surface area contributed by atoms with Crippen LogP contribution in [0.5, 0.6) is 0 Å². The number of halogens is 1. The Morgan fingerprint density at radius 1 is 1.44 bits per heavy atom. The van der Waals surface area contributed by atoms with Crippen LogP contribution in [0.3, 0.4) is 0 Å². The van der Waals surface area contributed by atoms with Gasteiger partial charge in [-0.15, -0.1) is 24.0 Å². The Bertz CT molecular complexity index is 545. The van der Waals surface area contributed by atoms with E-state index < -0.39 is 0 Å². The molecule has 0 saturated heterocycles. The fourth-order valence-electron chi connectivity index (χ4n) is 3.10. The highest BCUT2D eigenvalue weighted by atomic mass is 127. The van der Waals surface area contributed by atoms with Gasteiger partial charge in [-0.2, -0.15) is 5.10 Å². The predicted molar refractivity (Wildman–Crippen MR) is 112 cm³/mol. The van der Waals surface area contributed by atoms with Crippen molar-refractivity contribution >= 4 is 29.9 Å². The molecule has 2 heterocycles. The van der Waals surface area contributed by atoms with Gasteiger partial charge in [-0.05, 0) is 32.6 Å². The standard InChI is InChI=1S/C17H32N6O.HI/c1-6-24-15(12(2)3)9-10-19-17(18-5)21-14-7-8-16-20-13(4)22-23(16)11-14;/h12,14-15H,6-11H2,1-5H3,(H2,18,19,21);1H. The van der Waals surface area contributed by atoms with Crippen molar-refractivity contribution in [2.75, 3.05) is 20.2 Å². The highest BCUT2D eigenvalue weighted by Gasteiger charge is 2.21. The van der Waals surface area contributed by atoms with Gasteiger partial charge in [0.05, 0.1) is 12.6 Å². The highest BCUT2D eigenvalue weighted by Crippen LogP contribution is 2.13. The first-order chi connectivity index (χ1) is 11.5. The maximum Gasteiger partial charge on any atom is 0.191 e. The van der Waals surface area contributed by atoms with Crippen molar-refractivity contribution in [3.8, 4) is 0 Å². The molecule has 0 aliphatic carbocycles. The van der Waals surface area contributed by atoms with Gasteiger partial charge in [-0.25, -0.2) is 9.67 Å². The molecular formula is C17H33IN6O. The number of aliphatic imine (C=N–C) groups is 1. The van der Waals surface area contributed by atoms with Crippen LogP contribution in [0.4, 0.5) is 0 Å². The van der Waals surface area contributed by atoms with Crippen molar-refractivity contribution in [1.82, 2.24) is 25.4 Å². The molecule has 144 valence electrons. The zero-order valence-electron chi connectivity index (χ0n) is 16.1. The summed E-state index contributed by atoms with van der Waals surface area (Å²) in [7, 11) is 1.81. The third kappa shape index (κ3) is 6.73. The van der Waals surface area contributed by atoms with Gasteiger partial charge in [0.2, 0.25) is 0 Å². The second-order valence-corrected chi connectivity index (χ2v) is 6.66. The molecule has 2 unspecified atom stereocenters. The van der Waals surface area contributed by atoms with Crippen molar-refractivity contribution in [2.24, 2.45) is 10.9 Å². The summed E-state index contributed by atoms with van der Waals surface area (Å²) in [5.74, 6) is 3.31. The van der Waals surface area contributed by atoms with Crippen molar-refractivity contribution in [3.63, 3.8) is 0 Å². The number of ether oxygens (including phenoxy) is 1. The zero-order chi connectivity index (χ0) is 17.5. The minimum Gasteiger partial charge on any atom is -0.378 e. The topological polar surface area (TPSA) is 76.4 Å². The van der Waals surface area contributed by atoms with Crippen LogP contribution in [0.2, 0.25) is 0 Å². The Kier molecular flexibility index (Phi) is 9.70. The van der Waals surface area contributed by atoms with E-state index in [0.29, 0.717) is 12.0 Å². The number of guanidine groups is 1. The first kappa shape index (κ1) is 22.1. The fourth-order valence-corrected chi connectivity index (χ4v) is 3.10. The molecule has 1 aromatic heterocycles. The van der Waals surface area contributed by atoms with Crippen molar-refractivity contribution in [1.29, 1.82) is 0 Å². The molecule has 0 aromatic carbocycles. The van der Waals surface area contributed by atoms with E-state index in [2.05, 4.69) is 39.6 Å². The lowest BCUT2D eigenvalue weighted by atomic mass is 10.0. The Hall–Kier alpha value is -0.900.